The first kappa shape index (κ1) is 12.4. The molecule has 4 heteroatoms. The maximum Gasteiger partial charge on any atom is 0.121 e. The van der Waals surface area contributed by atoms with Crippen LogP contribution in [0.2, 0.25) is 0 Å². The molecule has 0 radical (unpaired) electrons. The number of para-hydroxylation sites is 1. The van der Waals surface area contributed by atoms with Crippen molar-refractivity contribution in [2.75, 3.05) is 0 Å². The van der Waals surface area contributed by atoms with Crippen molar-refractivity contribution < 1.29 is 4.42 Å². The molecule has 0 bridgehead atoms. The zero-order valence-corrected chi connectivity index (χ0v) is 11.6. The summed E-state index contributed by atoms with van der Waals surface area (Å²) >= 11 is 1.70. The first-order chi connectivity index (χ1) is 9.26. The Morgan fingerprint density at radius 2 is 2.11 bits per heavy atom. The van der Waals surface area contributed by atoms with E-state index >= 15 is 0 Å². The highest BCUT2D eigenvalue weighted by molar-refractivity contribution is 7.18. The molecule has 0 fully saturated rings. The van der Waals surface area contributed by atoms with Gasteiger partial charge in [-0.1, -0.05) is 19.1 Å². The number of aryl methyl sites for hydroxylation is 1. The van der Waals surface area contributed by atoms with E-state index in [1.165, 1.54) is 4.70 Å². The summed E-state index contributed by atoms with van der Waals surface area (Å²) < 4.78 is 6.90. The highest BCUT2D eigenvalue weighted by atomic mass is 32.1. The molecule has 1 atom stereocenters. The van der Waals surface area contributed by atoms with Gasteiger partial charge in [0.15, 0.2) is 0 Å². The monoisotopic (exact) mass is 272 g/mol. The van der Waals surface area contributed by atoms with E-state index in [0.29, 0.717) is 0 Å². The standard InChI is InChI=1S/C15H16N2OS/c1-2-10-7-8-13(18-10)11(16)9-15-17-12-5-3-4-6-14(12)19-15/h3-8,11H,2,9,16H2,1H3. The molecule has 0 aliphatic heterocycles. The second-order valence-electron chi connectivity index (χ2n) is 4.54. The lowest BCUT2D eigenvalue weighted by molar-refractivity contribution is 0.434. The van der Waals surface area contributed by atoms with Crippen LogP contribution >= 0.6 is 11.3 Å². The Balaban J connectivity index is 1.80. The molecule has 2 aromatic heterocycles. The largest absolute Gasteiger partial charge is 0.464 e. The van der Waals surface area contributed by atoms with E-state index in [9.17, 15) is 0 Å². The fourth-order valence-electron chi connectivity index (χ4n) is 2.08. The van der Waals surface area contributed by atoms with Gasteiger partial charge in [0.05, 0.1) is 21.3 Å². The average Bonchev–Trinajstić information content (AvgIpc) is 3.04. The molecule has 3 nitrogen and oxygen atoms in total. The number of benzene rings is 1. The van der Waals surface area contributed by atoms with Gasteiger partial charge in [0, 0.05) is 12.8 Å². The smallest absolute Gasteiger partial charge is 0.121 e. The third kappa shape index (κ3) is 2.55. The number of fused-ring (bicyclic) bond motifs is 1. The Bertz CT molecular complexity index is 653. The summed E-state index contributed by atoms with van der Waals surface area (Å²) in [7, 11) is 0. The molecule has 0 spiro atoms. The molecular weight excluding hydrogens is 256 g/mol. The van der Waals surface area contributed by atoms with Gasteiger partial charge in [-0.3, -0.25) is 0 Å². The Morgan fingerprint density at radius 3 is 2.84 bits per heavy atom. The molecule has 0 aliphatic carbocycles. The van der Waals surface area contributed by atoms with Gasteiger partial charge >= 0.3 is 0 Å². The Morgan fingerprint density at radius 1 is 1.26 bits per heavy atom. The highest BCUT2D eigenvalue weighted by Crippen LogP contribution is 2.26. The van der Waals surface area contributed by atoms with Crippen molar-refractivity contribution in [1.29, 1.82) is 0 Å². The fourth-order valence-corrected chi connectivity index (χ4v) is 3.11. The normalized spacial score (nSPS) is 12.9. The van der Waals surface area contributed by atoms with Crippen molar-refractivity contribution in [3.05, 3.63) is 52.9 Å². The number of nitrogens with zero attached hydrogens (tertiary/aromatic N) is 1. The summed E-state index contributed by atoms with van der Waals surface area (Å²) in [6.45, 7) is 2.07. The minimum absolute atomic E-state index is 0.124. The maximum atomic E-state index is 6.19. The fraction of sp³-hybridized carbons (Fsp3) is 0.267. The number of thiazole rings is 1. The van der Waals surface area contributed by atoms with Gasteiger partial charge in [-0.2, -0.15) is 0 Å². The number of hydrogen-bond donors (Lipinski definition) is 1. The highest BCUT2D eigenvalue weighted by Gasteiger charge is 2.14. The average molecular weight is 272 g/mol. The van der Waals surface area contributed by atoms with Gasteiger partial charge in [-0.05, 0) is 24.3 Å². The molecule has 1 unspecified atom stereocenters. The molecule has 2 N–H and O–H groups in total. The lowest BCUT2D eigenvalue weighted by Gasteiger charge is -2.05. The molecule has 1 aromatic carbocycles. The molecule has 0 amide bonds. The molecule has 0 saturated heterocycles. The second-order valence-corrected chi connectivity index (χ2v) is 5.66. The lowest BCUT2D eigenvalue weighted by atomic mass is 10.2. The van der Waals surface area contributed by atoms with Crippen LogP contribution in [0.5, 0.6) is 0 Å². The van der Waals surface area contributed by atoms with Crippen LogP contribution in [-0.4, -0.2) is 4.98 Å². The number of furan rings is 1. The minimum atomic E-state index is -0.124. The molecule has 0 aliphatic rings. The van der Waals surface area contributed by atoms with Crippen LogP contribution in [0, 0.1) is 0 Å². The first-order valence-corrected chi connectivity index (χ1v) is 7.26. The van der Waals surface area contributed by atoms with Crippen LogP contribution in [0.3, 0.4) is 0 Å². The van der Waals surface area contributed by atoms with Gasteiger partial charge in [0.1, 0.15) is 11.5 Å². The molecule has 98 valence electrons. The van der Waals surface area contributed by atoms with Gasteiger partial charge in [0.2, 0.25) is 0 Å². The molecular formula is C15H16N2OS. The van der Waals surface area contributed by atoms with Crippen molar-refractivity contribution in [2.45, 2.75) is 25.8 Å². The van der Waals surface area contributed by atoms with Crippen LogP contribution in [0.25, 0.3) is 10.2 Å². The topological polar surface area (TPSA) is 52.0 Å². The van der Waals surface area contributed by atoms with Crippen LogP contribution < -0.4 is 5.73 Å². The Labute approximate surface area is 116 Å². The van der Waals surface area contributed by atoms with Crippen LogP contribution in [0.15, 0.2) is 40.8 Å². The molecule has 3 rings (SSSR count). The lowest BCUT2D eigenvalue weighted by Crippen LogP contribution is -2.12. The SMILES string of the molecule is CCc1ccc(C(N)Cc2nc3ccccc3s2)o1. The van der Waals surface area contributed by atoms with E-state index in [2.05, 4.69) is 18.0 Å². The number of aromatic nitrogens is 1. The van der Waals surface area contributed by atoms with Crippen LogP contribution in [0.4, 0.5) is 0 Å². The van der Waals surface area contributed by atoms with Gasteiger partial charge in [-0.15, -0.1) is 11.3 Å². The van der Waals surface area contributed by atoms with Crippen molar-refractivity contribution in [3.63, 3.8) is 0 Å². The van der Waals surface area contributed by atoms with Crippen molar-refractivity contribution in [1.82, 2.24) is 4.98 Å². The second kappa shape index (κ2) is 5.15. The zero-order chi connectivity index (χ0) is 13.2. The number of nitrogens with two attached hydrogens (primary N) is 1. The van der Waals surface area contributed by atoms with Gasteiger partial charge in [0.25, 0.3) is 0 Å². The summed E-state index contributed by atoms with van der Waals surface area (Å²) in [4.78, 5) is 4.60. The quantitative estimate of drug-likeness (QED) is 0.788. The maximum absolute atomic E-state index is 6.19. The van der Waals surface area contributed by atoms with Crippen molar-refractivity contribution in [2.24, 2.45) is 5.73 Å². The van der Waals surface area contributed by atoms with Crippen LogP contribution in [0.1, 0.15) is 29.5 Å². The zero-order valence-electron chi connectivity index (χ0n) is 10.8. The van der Waals surface area contributed by atoms with E-state index in [1.807, 2.05) is 30.3 Å². The number of rotatable bonds is 4. The van der Waals surface area contributed by atoms with Crippen molar-refractivity contribution >= 4 is 21.6 Å². The molecule has 19 heavy (non-hydrogen) atoms. The van der Waals surface area contributed by atoms with Crippen molar-refractivity contribution in [3.8, 4) is 0 Å². The number of hydrogen-bond acceptors (Lipinski definition) is 4. The first-order valence-electron chi connectivity index (χ1n) is 6.45. The van der Waals surface area contributed by atoms with E-state index in [4.69, 9.17) is 10.2 Å². The van der Waals surface area contributed by atoms with E-state index < -0.39 is 0 Å². The molecule has 0 saturated carbocycles. The van der Waals surface area contributed by atoms with Crippen LogP contribution in [-0.2, 0) is 12.8 Å². The minimum Gasteiger partial charge on any atom is -0.464 e. The third-order valence-electron chi connectivity index (χ3n) is 3.13. The Hall–Kier alpha value is -1.65. The summed E-state index contributed by atoms with van der Waals surface area (Å²) in [5.74, 6) is 1.82. The molecule has 2 heterocycles. The summed E-state index contributed by atoms with van der Waals surface area (Å²) in [6, 6.07) is 12.0. The van der Waals surface area contributed by atoms with E-state index in [1.54, 1.807) is 11.3 Å². The predicted molar refractivity (Wildman–Crippen MR) is 78.3 cm³/mol. The van der Waals surface area contributed by atoms with E-state index in [-0.39, 0.29) is 6.04 Å². The Kier molecular flexibility index (Phi) is 3.36. The summed E-state index contributed by atoms with van der Waals surface area (Å²) in [5, 5.41) is 1.06. The van der Waals surface area contributed by atoms with Gasteiger partial charge in [-0.25, -0.2) is 4.98 Å². The van der Waals surface area contributed by atoms with E-state index in [0.717, 1.165) is 34.9 Å². The molecule has 3 aromatic rings. The summed E-state index contributed by atoms with van der Waals surface area (Å²) in [6.07, 6.45) is 1.61. The summed E-state index contributed by atoms with van der Waals surface area (Å²) in [5.41, 5.74) is 7.23. The van der Waals surface area contributed by atoms with Gasteiger partial charge < -0.3 is 10.2 Å². The third-order valence-corrected chi connectivity index (χ3v) is 4.19. The predicted octanol–water partition coefficient (Wildman–Crippen LogP) is 3.69.